The Morgan fingerprint density at radius 3 is 2.64 bits per heavy atom. The van der Waals surface area contributed by atoms with E-state index < -0.39 is 5.81 Å². The summed E-state index contributed by atoms with van der Waals surface area (Å²) in [6, 6.07) is 20.9. The van der Waals surface area contributed by atoms with Crippen LogP contribution < -0.4 is 15.6 Å². The highest BCUT2D eigenvalue weighted by atomic mass is 16.5. The zero-order valence-corrected chi connectivity index (χ0v) is 23.7. The van der Waals surface area contributed by atoms with E-state index in [0.717, 1.165) is 58.6 Å². The number of aromatic nitrogens is 2. The Hall–Kier alpha value is -4.50. The third-order valence-electron chi connectivity index (χ3n) is 7.46. The molecule has 212 valence electrons. The molecule has 5 rings (SSSR count). The molecule has 0 fully saturated rings. The second-order valence-electron chi connectivity index (χ2n) is 10.3. The standard InChI is InChI=1S/C33H33BN4O4/c1-2-3-8-28-27(32(40)38(30(36-28)15-17-39)24-13-14-29-23(20-24)16-18-42-29)19-21-9-11-22(12-10-21)25-6-4-5-7-26(25)31(35)37-33(34)41/h4-7,9-14,20,39H,2-3,8,15-19H2,1H3,(H2,35,37,41). The van der Waals surface area contributed by atoms with Crippen LogP contribution in [0.25, 0.3) is 16.8 Å². The number of aryl methyl sites for hydroxylation is 1. The molecule has 9 heteroatoms. The van der Waals surface area contributed by atoms with E-state index >= 15 is 0 Å². The fourth-order valence-corrected chi connectivity index (χ4v) is 5.37. The van der Waals surface area contributed by atoms with Gasteiger partial charge in [-0.15, -0.1) is 0 Å². The second kappa shape index (κ2) is 13.0. The lowest BCUT2D eigenvalue weighted by Gasteiger charge is -2.18. The van der Waals surface area contributed by atoms with Crippen LogP contribution in [-0.4, -0.2) is 47.4 Å². The van der Waals surface area contributed by atoms with Crippen molar-refractivity contribution in [1.29, 1.82) is 5.41 Å². The summed E-state index contributed by atoms with van der Waals surface area (Å²) in [6.07, 6.45) is 4.01. The molecule has 8 nitrogen and oxygen atoms in total. The van der Waals surface area contributed by atoms with Crippen LogP contribution in [0.4, 0.5) is 4.79 Å². The van der Waals surface area contributed by atoms with E-state index in [9.17, 15) is 14.7 Å². The van der Waals surface area contributed by atoms with Crippen LogP contribution in [0.15, 0.2) is 71.5 Å². The molecule has 1 aromatic heterocycles. The van der Waals surface area contributed by atoms with Crippen molar-refractivity contribution in [2.75, 3.05) is 13.2 Å². The molecule has 1 amide bonds. The van der Waals surface area contributed by atoms with Gasteiger partial charge in [-0.2, -0.15) is 0 Å². The van der Waals surface area contributed by atoms with Gasteiger partial charge in [0, 0.05) is 30.4 Å². The van der Waals surface area contributed by atoms with Gasteiger partial charge in [0.25, 0.3) is 5.56 Å². The maximum atomic E-state index is 14.2. The number of carbonyl (C=O) groups excluding carboxylic acids is 1. The van der Waals surface area contributed by atoms with Gasteiger partial charge >= 0.3 is 0 Å². The zero-order chi connectivity index (χ0) is 29.6. The van der Waals surface area contributed by atoms with Gasteiger partial charge in [-0.25, -0.2) is 4.98 Å². The van der Waals surface area contributed by atoms with Crippen molar-refractivity contribution in [3.63, 3.8) is 0 Å². The molecular weight excluding hydrogens is 527 g/mol. The number of benzene rings is 3. The first-order chi connectivity index (χ1) is 20.4. The highest BCUT2D eigenvalue weighted by Gasteiger charge is 2.20. The number of hydrogen-bond donors (Lipinski definition) is 3. The first-order valence-electron chi connectivity index (χ1n) is 14.2. The normalized spacial score (nSPS) is 12.0. The fourth-order valence-electron chi connectivity index (χ4n) is 5.37. The van der Waals surface area contributed by atoms with Gasteiger partial charge in [-0.05, 0) is 53.3 Å². The fraction of sp³-hybridized carbons (Fsp3) is 0.273. The van der Waals surface area contributed by atoms with Crippen molar-refractivity contribution < 1.29 is 14.6 Å². The van der Waals surface area contributed by atoms with E-state index in [-0.39, 0.29) is 24.4 Å². The minimum atomic E-state index is -0.790. The largest absolute Gasteiger partial charge is 0.493 e. The number of amidine groups is 1. The molecule has 4 aromatic rings. The summed E-state index contributed by atoms with van der Waals surface area (Å²) >= 11 is 0. The highest BCUT2D eigenvalue weighted by Crippen LogP contribution is 2.28. The molecule has 1 aliphatic heterocycles. The number of fused-ring (bicyclic) bond motifs is 1. The molecule has 0 saturated carbocycles. The van der Waals surface area contributed by atoms with E-state index in [1.165, 1.54) is 0 Å². The molecule has 0 bridgehead atoms. The van der Waals surface area contributed by atoms with Gasteiger partial charge in [0.15, 0.2) is 5.81 Å². The number of nitrogens with zero attached hydrogens (tertiary/aromatic N) is 2. The zero-order valence-electron chi connectivity index (χ0n) is 23.7. The Morgan fingerprint density at radius 2 is 1.90 bits per heavy atom. The molecular formula is C33H33BN4O4. The Morgan fingerprint density at radius 1 is 1.12 bits per heavy atom. The van der Waals surface area contributed by atoms with E-state index in [1.807, 2.05) is 54.6 Å². The third-order valence-corrected chi connectivity index (χ3v) is 7.46. The number of hydrogen-bond acceptors (Lipinski definition) is 6. The van der Waals surface area contributed by atoms with E-state index in [2.05, 4.69) is 12.2 Å². The Balaban J connectivity index is 1.53. The number of rotatable bonds is 10. The molecule has 2 heterocycles. The number of ether oxygens (including phenoxy) is 1. The SMILES string of the molecule is [B]C(=O)NC(=N)c1ccccc1-c1ccc(Cc2c(CCCC)nc(CCO)n(-c3ccc4c(c3)CCO4)c2=O)cc1. The van der Waals surface area contributed by atoms with Crippen LogP contribution >= 0.6 is 0 Å². The Kier molecular flexibility index (Phi) is 8.98. The van der Waals surface area contributed by atoms with Crippen LogP contribution in [0, 0.1) is 5.41 Å². The van der Waals surface area contributed by atoms with Crippen LogP contribution in [-0.2, 0) is 25.7 Å². The smallest absolute Gasteiger partial charge is 0.261 e. The molecule has 2 radical (unpaired) electrons. The maximum Gasteiger partial charge on any atom is 0.261 e. The van der Waals surface area contributed by atoms with Gasteiger partial charge in [-0.3, -0.25) is 19.6 Å². The van der Waals surface area contributed by atoms with Gasteiger partial charge in [0.05, 0.1) is 24.6 Å². The summed E-state index contributed by atoms with van der Waals surface area (Å²) < 4.78 is 7.30. The lowest BCUT2D eigenvalue weighted by atomic mass is 9.95. The first kappa shape index (κ1) is 29.0. The van der Waals surface area contributed by atoms with Crippen LogP contribution in [0.2, 0.25) is 0 Å². The summed E-state index contributed by atoms with van der Waals surface area (Å²) in [6.45, 7) is 2.62. The van der Waals surface area contributed by atoms with Gasteiger partial charge in [0.1, 0.15) is 17.4 Å². The monoisotopic (exact) mass is 560 g/mol. The first-order valence-corrected chi connectivity index (χ1v) is 14.2. The number of carbonyl (C=O) groups is 1. The van der Waals surface area contributed by atoms with Crippen molar-refractivity contribution in [3.8, 4) is 22.6 Å². The third kappa shape index (κ3) is 6.21. The van der Waals surface area contributed by atoms with Crippen molar-refractivity contribution in [3.05, 3.63) is 111 Å². The van der Waals surface area contributed by atoms with Gasteiger partial charge in [-0.1, -0.05) is 61.9 Å². The number of amides is 1. The number of nitrogens with one attached hydrogen (secondary N) is 2. The summed E-state index contributed by atoms with van der Waals surface area (Å²) in [5, 5.41) is 20.4. The topological polar surface area (TPSA) is 117 Å². The van der Waals surface area contributed by atoms with Gasteiger partial charge < -0.3 is 15.2 Å². The molecule has 42 heavy (non-hydrogen) atoms. The molecule has 0 saturated heterocycles. The predicted molar refractivity (Wildman–Crippen MR) is 164 cm³/mol. The summed E-state index contributed by atoms with van der Waals surface area (Å²) in [5.41, 5.74) is 6.21. The summed E-state index contributed by atoms with van der Waals surface area (Å²) in [5.74, 6) is 0.526. The Bertz CT molecular complexity index is 1680. The second-order valence-corrected chi connectivity index (χ2v) is 10.3. The minimum absolute atomic E-state index is 0.0737. The molecule has 0 aliphatic carbocycles. The molecule has 0 unspecified atom stereocenters. The summed E-state index contributed by atoms with van der Waals surface area (Å²) in [7, 11) is 5.22. The predicted octanol–water partition coefficient (Wildman–Crippen LogP) is 4.51. The highest BCUT2D eigenvalue weighted by molar-refractivity contribution is 6.58. The van der Waals surface area contributed by atoms with Crippen molar-refractivity contribution in [2.24, 2.45) is 0 Å². The van der Waals surface area contributed by atoms with Crippen molar-refractivity contribution in [2.45, 2.75) is 45.4 Å². The van der Waals surface area contributed by atoms with Crippen molar-refractivity contribution >= 4 is 19.5 Å². The maximum absolute atomic E-state index is 14.2. The number of unbranched alkanes of at least 4 members (excludes halogenated alkanes) is 1. The van der Waals surface area contributed by atoms with Crippen LogP contribution in [0.5, 0.6) is 5.75 Å². The van der Waals surface area contributed by atoms with E-state index in [0.29, 0.717) is 36.4 Å². The molecule has 3 N–H and O–H groups in total. The average Bonchev–Trinajstić information content (AvgIpc) is 3.46. The minimum Gasteiger partial charge on any atom is -0.493 e. The van der Waals surface area contributed by atoms with E-state index in [1.54, 1.807) is 16.7 Å². The van der Waals surface area contributed by atoms with Crippen LogP contribution in [0.1, 0.15) is 53.5 Å². The van der Waals surface area contributed by atoms with Crippen molar-refractivity contribution in [1.82, 2.24) is 14.9 Å². The van der Waals surface area contributed by atoms with Gasteiger partial charge in [0.2, 0.25) is 7.85 Å². The lowest BCUT2D eigenvalue weighted by Crippen LogP contribution is -2.30. The molecule has 0 atom stereocenters. The lowest BCUT2D eigenvalue weighted by molar-refractivity contribution is 0.263. The average molecular weight is 560 g/mol. The quantitative estimate of drug-likeness (QED) is 0.150. The Labute approximate surface area is 246 Å². The van der Waals surface area contributed by atoms with Crippen LogP contribution in [0.3, 0.4) is 0 Å². The molecule has 1 aliphatic rings. The molecule has 0 spiro atoms. The number of aliphatic hydroxyl groups excluding tert-OH is 1. The number of aliphatic hydroxyl groups is 1. The molecule has 3 aromatic carbocycles. The summed E-state index contributed by atoms with van der Waals surface area (Å²) in [4.78, 5) is 30.5. The van der Waals surface area contributed by atoms with E-state index in [4.69, 9.17) is 23.0 Å².